The number of aliphatic hydroxyl groups excluding tert-OH is 2. The SMILES string of the molecule is CO[C@H]1CC[C@@]2(C)C(=CC[C@H]3[C@@H]4CC[C@H]([C@H](C)[C@@H](OC)[C@H](O)[C@@H](C)C(C)CO)[C@@]4(C)CC[C@@H]32)C1. The second-order valence-electron chi connectivity index (χ2n) is 13.2. The lowest BCUT2D eigenvalue weighted by Crippen LogP contribution is -2.52. The minimum absolute atomic E-state index is 0.0159. The van der Waals surface area contributed by atoms with Crippen molar-refractivity contribution >= 4 is 0 Å². The summed E-state index contributed by atoms with van der Waals surface area (Å²) in [7, 11) is 3.64. The smallest absolute Gasteiger partial charge is 0.0861 e. The Labute approximate surface area is 208 Å². The summed E-state index contributed by atoms with van der Waals surface area (Å²) in [6.07, 6.45) is 12.4. The maximum atomic E-state index is 11.2. The Morgan fingerprint density at radius 1 is 1.03 bits per heavy atom. The maximum Gasteiger partial charge on any atom is 0.0861 e. The Kier molecular flexibility index (Phi) is 7.95. The van der Waals surface area contributed by atoms with E-state index in [0.29, 0.717) is 28.8 Å². The summed E-state index contributed by atoms with van der Waals surface area (Å²) in [5.74, 6) is 3.35. The first-order valence-electron chi connectivity index (χ1n) is 14.2. The summed E-state index contributed by atoms with van der Waals surface area (Å²) in [6, 6.07) is 0. The third-order valence-electron chi connectivity index (χ3n) is 12.0. The number of fused-ring (bicyclic) bond motifs is 5. The molecule has 0 bridgehead atoms. The highest BCUT2D eigenvalue weighted by molar-refractivity contribution is 5.25. The number of methoxy groups -OCH3 is 2. The zero-order valence-electron chi connectivity index (χ0n) is 22.9. The van der Waals surface area contributed by atoms with Gasteiger partial charge < -0.3 is 19.7 Å². The second kappa shape index (κ2) is 10.1. The number of rotatable bonds is 8. The van der Waals surface area contributed by atoms with Gasteiger partial charge in [-0.25, -0.2) is 0 Å². The maximum absolute atomic E-state index is 11.2. The Morgan fingerprint density at radius 2 is 1.76 bits per heavy atom. The molecule has 0 amide bonds. The van der Waals surface area contributed by atoms with Crippen LogP contribution in [0.4, 0.5) is 0 Å². The summed E-state index contributed by atoms with van der Waals surface area (Å²) >= 11 is 0. The quantitative estimate of drug-likeness (QED) is 0.431. The van der Waals surface area contributed by atoms with Gasteiger partial charge in [0.2, 0.25) is 0 Å². The molecular formula is C30H52O4. The van der Waals surface area contributed by atoms with E-state index in [1.807, 2.05) is 14.0 Å². The van der Waals surface area contributed by atoms with Crippen LogP contribution >= 0.6 is 0 Å². The van der Waals surface area contributed by atoms with Crippen molar-refractivity contribution in [2.24, 2.45) is 52.3 Å². The lowest BCUT2D eigenvalue weighted by molar-refractivity contribution is -0.112. The summed E-state index contributed by atoms with van der Waals surface area (Å²) in [5.41, 5.74) is 2.38. The van der Waals surface area contributed by atoms with E-state index in [4.69, 9.17) is 9.47 Å². The van der Waals surface area contributed by atoms with Gasteiger partial charge in [-0.1, -0.05) is 46.3 Å². The fourth-order valence-corrected chi connectivity index (χ4v) is 9.43. The Hall–Kier alpha value is -0.420. The van der Waals surface area contributed by atoms with Crippen LogP contribution in [0.25, 0.3) is 0 Å². The standard InChI is InChI=1S/C30H52O4/c1-18(17-31)19(2)27(32)28(34-7)20(3)24-10-11-25-23-9-8-21-16-22(33-6)12-14-29(21,4)26(23)13-15-30(24,25)5/h8,18-20,22-28,31-32H,9-17H2,1-7H3/t18?,19-,20-,22-,23-,24+,25-,26-,27+,28+,29-,30+/m0/s1. The van der Waals surface area contributed by atoms with Crippen LogP contribution in [0, 0.1) is 52.3 Å². The Bertz CT molecular complexity index is 735. The van der Waals surface area contributed by atoms with Crippen LogP contribution in [0.2, 0.25) is 0 Å². The molecule has 0 aliphatic heterocycles. The molecule has 196 valence electrons. The number of allylic oxidation sites excluding steroid dienone is 1. The molecule has 0 aromatic carbocycles. The first kappa shape index (κ1) is 26.6. The molecule has 4 rings (SSSR count). The van der Waals surface area contributed by atoms with E-state index in [9.17, 15) is 10.2 Å². The van der Waals surface area contributed by atoms with Crippen molar-refractivity contribution in [3.05, 3.63) is 11.6 Å². The van der Waals surface area contributed by atoms with Crippen molar-refractivity contribution in [2.75, 3.05) is 20.8 Å². The number of hydrogen-bond donors (Lipinski definition) is 2. The van der Waals surface area contributed by atoms with Crippen molar-refractivity contribution in [3.8, 4) is 0 Å². The number of ether oxygens (including phenoxy) is 2. The zero-order chi connectivity index (χ0) is 24.8. The van der Waals surface area contributed by atoms with Gasteiger partial charge in [-0.15, -0.1) is 0 Å². The van der Waals surface area contributed by atoms with Gasteiger partial charge in [0.15, 0.2) is 0 Å². The highest BCUT2D eigenvalue weighted by Crippen LogP contribution is 2.67. The molecule has 4 nitrogen and oxygen atoms in total. The normalized spacial score (nSPS) is 44.1. The highest BCUT2D eigenvalue weighted by atomic mass is 16.5. The van der Waals surface area contributed by atoms with Crippen LogP contribution in [0.1, 0.15) is 86.0 Å². The first-order chi connectivity index (χ1) is 16.1. The van der Waals surface area contributed by atoms with E-state index in [1.165, 1.54) is 44.9 Å². The number of aliphatic hydroxyl groups is 2. The molecule has 34 heavy (non-hydrogen) atoms. The van der Waals surface area contributed by atoms with Crippen molar-refractivity contribution in [1.82, 2.24) is 0 Å². The molecule has 0 saturated heterocycles. The monoisotopic (exact) mass is 476 g/mol. The minimum Gasteiger partial charge on any atom is -0.396 e. The molecule has 0 heterocycles. The molecule has 0 aromatic rings. The van der Waals surface area contributed by atoms with E-state index in [2.05, 4.69) is 33.8 Å². The average Bonchev–Trinajstić information content (AvgIpc) is 3.19. The predicted octanol–water partition coefficient (Wildman–Crippen LogP) is 5.86. The molecule has 1 unspecified atom stereocenters. The molecule has 0 radical (unpaired) electrons. The lowest BCUT2D eigenvalue weighted by Gasteiger charge is -2.58. The fraction of sp³-hybridized carbons (Fsp3) is 0.933. The minimum atomic E-state index is -0.545. The molecule has 0 aromatic heterocycles. The van der Waals surface area contributed by atoms with Crippen molar-refractivity contribution < 1.29 is 19.7 Å². The molecule has 2 N–H and O–H groups in total. The van der Waals surface area contributed by atoms with Crippen molar-refractivity contribution in [2.45, 2.75) is 104 Å². The lowest BCUT2D eigenvalue weighted by atomic mass is 9.47. The van der Waals surface area contributed by atoms with Gasteiger partial charge in [-0.2, -0.15) is 0 Å². The number of hydrogen-bond acceptors (Lipinski definition) is 4. The highest BCUT2D eigenvalue weighted by Gasteiger charge is 2.60. The molecule has 0 spiro atoms. The average molecular weight is 477 g/mol. The van der Waals surface area contributed by atoms with Gasteiger partial charge in [0.1, 0.15) is 0 Å². The van der Waals surface area contributed by atoms with Crippen LogP contribution in [-0.4, -0.2) is 49.4 Å². The van der Waals surface area contributed by atoms with Crippen molar-refractivity contribution in [1.29, 1.82) is 0 Å². The predicted molar refractivity (Wildman–Crippen MR) is 137 cm³/mol. The third-order valence-corrected chi connectivity index (χ3v) is 12.0. The van der Waals surface area contributed by atoms with Crippen LogP contribution in [0.5, 0.6) is 0 Å². The van der Waals surface area contributed by atoms with Gasteiger partial charge in [0.25, 0.3) is 0 Å². The Morgan fingerprint density at radius 3 is 2.41 bits per heavy atom. The molecule has 4 aliphatic carbocycles. The van der Waals surface area contributed by atoms with E-state index >= 15 is 0 Å². The largest absolute Gasteiger partial charge is 0.396 e. The molecule has 3 saturated carbocycles. The molecule has 12 atom stereocenters. The summed E-state index contributed by atoms with van der Waals surface area (Å²) in [5, 5.41) is 20.9. The van der Waals surface area contributed by atoms with Crippen LogP contribution in [0.15, 0.2) is 11.6 Å². The molecule has 3 fully saturated rings. The Balaban J connectivity index is 1.53. The summed E-state index contributed by atoms with van der Waals surface area (Å²) in [6.45, 7) is 11.6. The van der Waals surface area contributed by atoms with Gasteiger partial charge >= 0.3 is 0 Å². The molecule has 4 aliphatic rings. The van der Waals surface area contributed by atoms with E-state index < -0.39 is 6.10 Å². The van der Waals surface area contributed by atoms with E-state index in [0.717, 1.165) is 24.2 Å². The van der Waals surface area contributed by atoms with E-state index in [1.54, 1.807) is 12.7 Å². The first-order valence-corrected chi connectivity index (χ1v) is 14.2. The van der Waals surface area contributed by atoms with Gasteiger partial charge in [0, 0.05) is 20.8 Å². The van der Waals surface area contributed by atoms with Crippen LogP contribution in [0.3, 0.4) is 0 Å². The molecule has 4 heteroatoms. The van der Waals surface area contributed by atoms with Gasteiger partial charge in [-0.05, 0) is 104 Å². The van der Waals surface area contributed by atoms with E-state index in [-0.39, 0.29) is 24.5 Å². The van der Waals surface area contributed by atoms with Crippen LogP contribution < -0.4 is 0 Å². The van der Waals surface area contributed by atoms with Gasteiger partial charge in [-0.3, -0.25) is 0 Å². The third kappa shape index (κ3) is 4.23. The van der Waals surface area contributed by atoms with Gasteiger partial charge in [0.05, 0.1) is 18.3 Å². The molecular weight excluding hydrogens is 424 g/mol. The second-order valence-corrected chi connectivity index (χ2v) is 13.2. The fourth-order valence-electron chi connectivity index (χ4n) is 9.43. The zero-order valence-corrected chi connectivity index (χ0v) is 22.9. The summed E-state index contributed by atoms with van der Waals surface area (Å²) in [4.78, 5) is 0. The summed E-state index contributed by atoms with van der Waals surface area (Å²) < 4.78 is 11.7. The van der Waals surface area contributed by atoms with Crippen molar-refractivity contribution in [3.63, 3.8) is 0 Å². The topological polar surface area (TPSA) is 58.9 Å². The van der Waals surface area contributed by atoms with Crippen LogP contribution in [-0.2, 0) is 9.47 Å².